The first-order chi connectivity index (χ1) is 18.5. The van der Waals surface area contributed by atoms with Gasteiger partial charge in [-0.3, -0.25) is 14.2 Å². The molecule has 0 N–H and O–H groups in total. The Hall–Kier alpha value is -3.69. The molecule has 0 saturated carbocycles. The van der Waals surface area contributed by atoms with Crippen LogP contribution in [0, 0.1) is 0 Å². The fourth-order valence-corrected chi connectivity index (χ4v) is 6.41. The predicted octanol–water partition coefficient (Wildman–Crippen LogP) is 3.97. The van der Waals surface area contributed by atoms with Gasteiger partial charge in [0.05, 0.1) is 35.7 Å². The van der Waals surface area contributed by atoms with Crippen molar-refractivity contribution in [2.24, 2.45) is 4.99 Å². The van der Waals surface area contributed by atoms with E-state index in [0.717, 1.165) is 17.0 Å². The van der Waals surface area contributed by atoms with Crippen LogP contribution in [0.25, 0.3) is 5.57 Å². The lowest BCUT2D eigenvalue weighted by molar-refractivity contribution is -0.143. The first-order valence-corrected chi connectivity index (χ1v) is 13.8. The highest BCUT2D eigenvalue weighted by molar-refractivity contribution is 7.07. The van der Waals surface area contributed by atoms with E-state index in [1.54, 1.807) is 43.9 Å². The molecule has 0 unspecified atom stereocenters. The number of methoxy groups -OCH3 is 1. The lowest BCUT2D eigenvalue weighted by Crippen LogP contribution is -2.41. The highest BCUT2D eigenvalue weighted by Gasteiger charge is 2.39. The summed E-state index contributed by atoms with van der Waals surface area (Å²) < 4.78 is 12.9. The highest BCUT2D eigenvalue weighted by atomic mass is 35.5. The van der Waals surface area contributed by atoms with Gasteiger partial charge in [-0.25, -0.2) is 9.79 Å². The van der Waals surface area contributed by atoms with Crippen molar-refractivity contribution in [3.8, 4) is 5.75 Å². The van der Waals surface area contributed by atoms with E-state index in [2.05, 4.69) is 4.99 Å². The molecule has 0 spiro atoms. The quantitative estimate of drug-likeness (QED) is 0.437. The van der Waals surface area contributed by atoms with Crippen LogP contribution in [0.4, 0.5) is 5.69 Å². The molecule has 2 aromatic carbocycles. The Morgan fingerprint density at radius 1 is 1.10 bits per heavy atom. The second kappa shape index (κ2) is 10.1. The van der Waals surface area contributed by atoms with E-state index in [9.17, 15) is 14.4 Å². The van der Waals surface area contributed by atoms with Crippen molar-refractivity contribution in [2.75, 3.05) is 12.0 Å². The maximum absolute atomic E-state index is 14.3. The number of thiazole rings is 1. The average Bonchev–Trinajstić information content (AvgIpc) is 3.34. The summed E-state index contributed by atoms with van der Waals surface area (Å²) in [4.78, 5) is 48.1. The summed E-state index contributed by atoms with van der Waals surface area (Å²) in [5.74, 6) is -0.395. The second-order valence-electron chi connectivity index (χ2n) is 9.90. The minimum Gasteiger partial charge on any atom is -0.496 e. The van der Waals surface area contributed by atoms with E-state index in [4.69, 9.17) is 21.1 Å². The molecule has 0 radical (unpaired) electrons. The van der Waals surface area contributed by atoms with E-state index in [-0.39, 0.29) is 28.2 Å². The van der Waals surface area contributed by atoms with E-state index in [1.807, 2.05) is 38.1 Å². The topological polar surface area (TPSA) is 90.2 Å². The molecule has 2 aliphatic rings. The maximum Gasteiger partial charge on any atom is 0.338 e. The molecule has 10 heteroatoms. The number of para-hydroxylation sites is 1. The summed E-state index contributed by atoms with van der Waals surface area (Å²) in [6.45, 7) is 9.08. The van der Waals surface area contributed by atoms with Gasteiger partial charge in [0.15, 0.2) is 4.80 Å². The van der Waals surface area contributed by atoms with E-state index in [0.29, 0.717) is 38.0 Å². The van der Waals surface area contributed by atoms with Crippen molar-refractivity contribution < 1.29 is 19.1 Å². The van der Waals surface area contributed by atoms with E-state index in [1.165, 1.54) is 11.7 Å². The summed E-state index contributed by atoms with van der Waals surface area (Å²) in [7, 11) is 1.51. The molecule has 2 aliphatic heterocycles. The molecule has 1 aromatic heterocycles. The van der Waals surface area contributed by atoms with Crippen LogP contribution in [0.2, 0.25) is 5.02 Å². The summed E-state index contributed by atoms with van der Waals surface area (Å²) in [6.07, 6.45) is -0.388. The number of hydrogen-bond acceptors (Lipinski definition) is 7. The SMILES string of the molecule is COc1ccc(Cl)cc1[C@@H]1C(C(=O)OC(C)C)=C(C)N=c2s/c(=C3\C(=O)N(C(C)C)c4ccccc43)c(=O)n21. The zero-order valence-electron chi connectivity index (χ0n) is 22.4. The Morgan fingerprint density at radius 3 is 2.49 bits per heavy atom. The number of nitrogens with zero attached hydrogens (tertiary/aromatic N) is 3. The fourth-order valence-electron chi connectivity index (χ4n) is 5.10. The normalized spacial score (nSPS) is 17.9. The van der Waals surface area contributed by atoms with Gasteiger partial charge in [0.2, 0.25) is 0 Å². The van der Waals surface area contributed by atoms with Gasteiger partial charge in [-0.2, -0.15) is 0 Å². The Labute approximate surface area is 234 Å². The number of allylic oxidation sites excluding steroid dienone is 1. The van der Waals surface area contributed by atoms with Gasteiger partial charge in [-0.15, -0.1) is 0 Å². The highest BCUT2D eigenvalue weighted by Crippen LogP contribution is 2.39. The number of halogens is 1. The van der Waals surface area contributed by atoms with Crippen LogP contribution in [-0.2, 0) is 14.3 Å². The van der Waals surface area contributed by atoms with Crippen LogP contribution < -0.4 is 24.5 Å². The minimum absolute atomic E-state index is 0.108. The van der Waals surface area contributed by atoms with Crippen molar-refractivity contribution in [3.63, 3.8) is 0 Å². The number of anilines is 1. The number of hydrogen-bond donors (Lipinski definition) is 0. The van der Waals surface area contributed by atoms with E-state index < -0.39 is 17.6 Å². The van der Waals surface area contributed by atoms with Gasteiger partial charge in [-0.1, -0.05) is 41.1 Å². The molecule has 3 heterocycles. The monoisotopic (exact) mass is 565 g/mol. The third kappa shape index (κ3) is 4.39. The Morgan fingerprint density at radius 2 is 1.82 bits per heavy atom. The lowest BCUT2D eigenvalue weighted by atomic mass is 9.95. The Kier molecular flexibility index (Phi) is 6.99. The van der Waals surface area contributed by atoms with Crippen LogP contribution >= 0.6 is 22.9 Å². The number of rotatable bonds is 5. The van der Waals surface area contributed by atoms with Crippen LogP contribution in [0.5, 0.6) is 5.75 Å². The van der Waals surface area contributed by atoms with Crippen LogP contribution in [0.3, 0.4) is 0 Å². The molecule has 0 aliphatic carbocycles. The van der Waals surface area contributed by atoms with Crippen molar-refractivity contribution in [3.05, 3.63) is 89.6 Å². The Bertz CT molecular complexity index is 1730. The van der Waals surface area contributed by atoms with Crippen molar-refractivity contribution in [1.82, 2.24) is 4.57 Å². The molecular formula is C29H28ClN3O5S. The molecule has 8 nitrogen and oxygen atoms in total. The van der Waals surface area contributed by atoms with Gasteiger partial charge in [0, 0.05) is 22.2 Å². The standard InChI is InChI=1S/C29H28ClN3O5S/c1-14(2)32-20-10-8-7-9-18(20)23(26(32)34)25-27(35)33-24(19-13-17(30)11-12-21(19)37-6)22(28(36)38-15(3)4)16(5)31-29(33)39-25/h7-15,24H,1-6H3/b25-23-/t24-/m1/s1. The number of aromatic nitrogens is 1. The van der Waals surface area contributed by atoms with Crippen LogP contribution in [0.1, 0.15) is 51.8 Å². The summed E-state index contributed by atoms with van der Waals surface area (Å²) in [5, 5.41) is 0.412. The third-order valence-electron chi connectivity index (χ3n) is 6.66. The molecule has 0 fully saturated rings. The molecule has 202 valence electrons. The average molecular weight is 566 g/mol. The predicted molar refractivity (Wildman–Crippen MR) is 151 cm³/mol. The zero-order chi connectivity index (χ0) is 28.2. The number of benzene rings is 2. The number of fused-ring (bicyclic) bond motifs is 2. The summed E-state index contributed by atoms with van der Waals surface area (Å²) >= 11 is 7.51. The number of carbonyl (C=O) groups is 2. The van der Waals surface area contributed by atoms with Gasteiger partial charge < -0.3 is 14.4 Å². The molecule has 0 saturated heterocycles. The van der Waals surface area contributed by atoms with Gasteiger partial charge >= 0.3 is 5.97 Å². The lowest BCUT2D eigenvalue weighted by Gasteiger charge is -2.26. The minimum atomic E-state index is -0.927. The maximum atomic E-state index is 14.3. The van der Waals surface area contributed by atoms with Crippen molar-refractivity contribution in [1.29, 1.82) is 0 Å². The van der Waals surface area contributed by atoms with Crippen LogP contribution in [0.15, 0.2) is 63.5 Å². The van der Waals surface area contributed by atoms with Crippen LogP contribution in [-0.4, -0.2) is 35.7 Å². The largest absolute Gasteiger partial charge is 0.496 e. The van der Waals surface area contributed by atoms with Crippen molar-refractivity contribution in [2.45, 2.75) is 52.8 Å². The second-order valence-corrected chi connectivity index (χ2v) is 11.3. The van der Waals surface area contributed by atoms with Gasteiger partial charge in [-0.05, 0) is 58.9 Å². The first kappa shape index (κ1) is 26.9. The fraction of sp³-hybridized carbons (Fsp3) is 0.310. The number of amides is 1. The molecule has 3 aromatic rings. The zero-order valence-corrected chi connectivity index (χ0v) is 24.0. The third-order valence-corrected chi connectivity index (χ3v) is 7.94. The van der Waals surface area contributed by atoms with Gasteiger partial charge in [0.25, 0.3) is 11.5 Å². The first-order valence-electron chi connectivity index (χ1n) is 12.6. The molecular weight excluding hydrogens is 538 g/mol. The van der Waals surface area contributed by atoms with Gasteiger partial charge in [0.1, 0.15) is 16.3 Å². The number of esters is 1. The smallest absolute Gasteiger partial charge is 0.338 e. The number of ether oxygens (including phenoxy) is 2. The molecule has 1 atom stereocenters. The molecule has 1 amide bonds. The Balaban J connectivity index is 1.86. The molecule has 5 rings (SSSR count). The summed E-state index contributed by atoms with van der Waals surface area (Å²) in [5.41, 5.74) is 2.46. The van der Waals surface area contributed by atoms with Crippen molar-refractivity contribution >= 4 is 46.1 Å². The molecule has 0 bridgehead atoms. The summed E-state index contributed by atoms with van der Waals surface area (Å²) in [6, 6.07) is 11.4. The van der Waals surface area contributed by atoms with E-state index >= 15 is 0 Å². The molecule has 39 heavy (non-hydrogen) atoms. The number of carbonyl (C=O) groups excluding carboxylic acids is 2.